The van der Waals surface area contributed by atoms with Crippen molar-refractivity contribution in [1.29, 1.82) is 0 Å². The van der Waals surface area contributed by atoms with E-state index in [2.05, 4.69) is 25.6 Å². The maximum Gasteiger partial charge on any atom is 0.275 e. The molecule has 3 aromatic heterocycles. The van der Waals surface area contributed by atoms with Gasteiger partial charge in [-0.25, -0.2) is 4.98 Å². The number of aromatic amines is 1. The van der Waals surface area contributed by atoms with Crippen molar-refractivity contribution < 1.29 is 4.79 Å². The lowest BCUT2D eigenvalue weighted by Crippen LogP contribution is -2.12. The summed E-state index contributed by atoms with van der Waals surface area (Å²) in [5.41, 5.74) is 5.14. The van der Waals surface area contributed by atoms with E-state index in [0.717, 1.165) is 47.6 Å². The molecular weight excluding hydrogens is 324 g/mol. The van der Waals surface area contributed by atoms with E-state index in [0.29, 0.717) is 10.8 Å². The van der Waals surface area contributed by atoms with Crippen molar-refractivity contribution in [2.75, 3.05) is 5.32 Å². The van der Waals surface area contributed by atoms with Crippen LogP contribution >= 0.6 is 11.3 Å². The van der Waals surface area contributed by atoms with Crippen molar-refractivity contribution in [2.24, 2.45) is 7.05 Å². The van der Waals surface area contributed by atoms with Crippen molar-refractivity contribution in [1.82, 2.24) is 25.0 Å². The number of nitrogens with zero attached hydrogens (tertiary/aromatic N) is 4. The summed E-state index contributed by atoms with van der Waals surface area (Å²) in [6.45, 7) is 3.93. The molecule has 0 unspecified atom stereocenters. The standard InChI is InChI=1S/C16H18N6OS/c1-8-14(9(2)22(3)21-8)11-7-12(20-19-11)15(23)18-16-17-10-5-4-6-13(10)24-16/h7H,4-6H2,1-3H3,(H,19,20)(H,17,18,23). The van der Waals surface area contributed by atoms with Gasteiger partial charge in [-0.05, 0) is 39.2 Å². The molecule has 124 valence electrons. The van der Waals surface area contributed by atoms with E-state index in [9.17, 15) is 4.79 Å². The van der Waals surface area contributed by atoms with Crippen molar-refractivity contribution in [3.8, 4) is 11.3 Å². The molecular formula is C16H18N6OS. The van der Waals surface area contributed by atoms with E-state index in [1.165, 1.54) is 4.88 Å². The van der Waals surface area contributed by atoms with E-state index in [1.54, 1.807) is 17.4 Å². The zero-order valence-corrected chi connectivity index (χ0v) is 14.6. The van der Waals surface area contributed by atoms with Gasteiger partial charge in [0.05, 0.1) is 17.1 Å². The fourth-order valence-corrected chi connectivity index (χ4v) is 4.16. The second kappa shape index (κ2) is 5.55. The highest BCUT2D eigenvalue weighted by Crippen LogP contribution is 2.31. The summed E-state index contributed by atoms with van der Waals surface area (Å²) < 4.78 is 1.82. The van der Waals surface area contributed by atoms with Crippen molar-refractivity contribution in [3.05, 3.63) is 33.7 Å². The lowest BCUT2D eigenvalue weighted by Gasteiger charge is -1.98. The number of amides is 1. The van der Waals surface area contributed by atoms with Crippen molar-refractivity contribution in [2.45, 2.75) is 33.1 Å². The van der Waals surface area contributed by atoms with Crippen LogP contribution in [0.1, 0.15) is 38.9 Å². The minimum absolute atomic E-state index is 0.222. The molecule has 8 heteroatoms. The summed E-state index contributed by atoms with van der Waals surface area (Å²) in [7, 11) is 1.90. The fraction of sp³-hybridized carbons (Fsp3) is 0.375. The Labute approximate surface area is 143 Å². The average molecular weight is 342 g/mol. The maximum absolute atomic E-state index is 12.4. The third kappa shape index (κ3) is 2.43. The zero-order valence-electron chi connectivity index (χ0n) is 13.8. The minimum atomic E-state index is -0.222. The van der Waals surface area contributed by atoms with Gasteiger partial charge in [-0.15, -0.1) is 11.3 Å². The molecule has 0 atom stereocenters. The number of aromatic nitrogens is 5. The van der Waals surface area contributed by atoms with E-state index < -0.39 is 0 Å². The van der Waals surface area contributed by atoms with Crippen molar-refractivity contribution in [3.63, 3.8) is 0 Å². The molecule has 0 spiro atoms. The predicted octanol–water partition coefficient (Wildman–Crippen LogP) is 2.62. The minimum Gasteiger partial charge on any atom is -0.296 e. The van der Waals surface area contributed by atoms with Gasteiger partial charge >= 0.3 is 0 Å². The largest absolute Gasteiger partial charge is 0.296 e. The van der Waals surface area contributed by atoms with Gasteiger partial charge in [-0.2, -0.15) is 10.2 Å². The van der Waals surface area contributed by atoms with Crippen molar-refractivity contribution >= 4 is 22.4 Å². The second-order valence-electron chi connectivity index (χ2n) is 6.03. The van der Waals surface area contributed by atoms with Gasteiger partial charge in [0.15, 0.2) is 5.13 Å². The number of hydrogen-bond acceptors (Lipinski definition) is 5. The zero-order chi connectivity index (χ0) is 16.8. The molecule has 0 bridgehead atoms. The molecule has 1 aliphatic carbocycles. The fourth-order valence-electron chi connectivity index (χ4n) is 3.12. The molecule has 0 saturated heterocycles. The first-order valence-corrected chi connectivity index (χ1v) is 8.70. The third-order valence-corrected chi connectivity index (χ3v) is 5.48. The van der Waals surface area contributed by atoms with Crippen LogP contribution in [0.4, 0.5) is 5.13 Å². The molecule has 0 saturated carbocycles. The SMILES string of the molecule is Cc1nn(C)c(C)c1-c1cc(C(=O)Nc2nc3c(s2)CCC3)[nH]n1. The second-order valence-corrected chi connectivity index (χ2v) is 7.12. The Morgan fingerprint density at radius 3 is 2.92 bits per heavy atom. The molecule has 0 aliphatic heterocycles. The number of fused-ring (bicyclic) bond motifs is 1. The number of carbonyl (C=O) groups excluding carboxylic acids is 1. The third-order valence-electron chi connectivity index (χ3n) is 4.40. The molecule has 7 nitrogen and oxygen atoms in total. The Morgan fingerprint density at radius 2 is 2.21 bits per heavy atom. The molecule has 1 amide bonds. The number of anilines is 1. The van der Waals surface area contributed by atoms with E-state index in [1.807, 2.05) is 25.6 Å². The molecule has 24 heavy (non-hydrogen) atoms. The first kappa shape index (κ1) is 15.1. The summed E-state index contributed by atoms with van der Waals surface area (Å²) in [4.78, 5) is 18.2. The topological polar surface area (TPSA) is 88.5 Å². The lowest BCUT2D eigenvalue weighted by atomic mass is 10.1. The van der Waals surface area contributed by atoms with E-state index in [-0.39, 0.29) is 5.91 Å². The van der Waals surface area contributed by atoms with Crippen LogP contribution in [0.15, 0.2) is 6.07 Å². The molecule has 2 N–H and O–H groups in total. The average Bonchev–Trinajstić information content (AvgIpc) is 3.25. The van der Waals surface area contributed by atoms with Crippen LogP contribution in [0.25, 0.3) is 11.3 Å². The monoisotopic (exact) mass is 342 g/mol. The van der Waals surface area contributed by atoms with Crippen LogP contribution in [0, 0.1) is 13.8 Å². The van der Waals surface area contributed by atoms with Gasteiger partial charge in [0.25, 0.3) is 5.91 Å². The van der Waals surface area contributed by atoms with Crippen LogP contribution in [-0.4, -0.2) is 30.9 Å². The Balaban J connectivity index is 1.56. The van der Waals surface area contributed by atoms with Gasteiger partial charge in [-0.3, -0.25) is 19.9 Å². The van der Waals surface area contributed by atoms with Crippen LogP contribution in [0.2, 0.25) is 0 Å². The summed E-state index contributed by atoms with van der Waals surface area (Å²) in [6.07, 6.45) is 3.24. The van der Waals surface area contributed by atoms with E-state index in [4.69, 9.17) is 0 Å². The van der Waals surface area contributed by atoms with Crippen LogP contribution in [0.5, 0.6) is 0 Å². The normalized spacial score (nSPS) is 13.3. The molecule has 0 radical (unpaired) electrons. The number of aryl methyl sites for hydroxylation is 4. The molecule has 0 aromatic carbocycles. The van der Waals surface area contributed by atoms with Gasteiger partial charge in [-0.1, -0.05) is 0 Å². The summed E-state index contributed by atoms with van der Waals surface area (Å²) in [6, 6.07) is 1.76. The highest BCUT2D eigenvalue weighted by molar-refractivity contribution is 7.15. The van der Waals surface area contributed by atoms with Crippen LogP contribution < -0.4 is 5.32 Å². The predicted molar refractivity (Wildman–Crippen MR) is 92.4 cm³/mol. The van der Waals surface area contributed by atoms with Crippen LogP contribution in [0.3, 0.4) is 0 Å². The number of thiazole rings is 1. The number of rotatable bonds is 3. The molecule has 3 heterocycles. The Hall–Kier alpha value is -2.48. The molecule has 4 rings (SSSR count). The number of nitrogens with one attached hydrogen (secondary N) is 2. The molecule has 1 aliphatic rings. The van der Waals surface area contributed by atoms with Gasteiger partial charge in [0.1, 0.15) is 5.69 Å². The van der Waals surface area contributed by atoms with Gasteiger partial charge < -0.3 is 0 Å². The summed E-state index contributed by atoms with van der Waals surface area (Å²) >= 11 is 1.57. The first-order chi connectivity index (χ1) is 11.5. The Morgan fingerprint density at radius 1 is 1.38 bits per heavy atom. The Bertz CT molecular complexity index is 913. The maximum atomic E-state index is 12.4. The number of H-pyrrole nitrogens is 1. The number of hydrogen-bond donors (Lipinski definition) is 2. The van der Waals surface area contributed by atoms with Gasteiger partial charge in [0, 0.05) is 23.2 Å². The summed E-state index contributed by atoms with van der Waals surface area (Å²) in [5, 5.41) is 15.0. The molecule has 3 aromatic rings. The highest BCUT2D eigenvalue weighted by Gasteiger charge is 2.20. The first-order valence-electron chi connectivity index (χ1n) is 7.89. The molecule has 0 fully saturated rings. The Kier molecular flexibility index (Phi) is 3.49. The highest BCUT2D eigenvalue weighted by atomic mass is 32.1. The lowest BCUT2D eigenvalue weighted by molar-refractivity contribution is 0.102. The van der Waals surface area contributed by atoms with E-state index >= 15 is 0 Å². The van der Waals surface area contributed by atoms with Gasteiger partial charge in [0.2, 0.25) is 0 Å². The van der Waals surface area contributed by atoms with Crippen LogP contribution in [-0.2, 0) is 19.9 Å². The smallest absolute Gasteiger partial charge is 0.275 e. The quantitative estimate of drug-likeness (QED) is 0.766. The summed E-state index contributed by atoms with van der Waals surface area (Å²) in [5.74, 6) is -0.222. The number of carbonyl (C=O) groups is 1.